The van der Waals surface area contributed by atoms with E-state index in [1.807, 2.05) is 30.6 Å². The van der Waals surface area contributed by atoms with Crippen molar-refractivity contribution in [2.75, 3.05) is 0 Å². The molecule has 0 spiro atoms. The first kappa shape index (κ1) is 57.1. The number of Topliss-reactive ketones (excluding diaryl/α,β-unsaturated/α-hetero) is 1. The molecule has 0 saturated heterocycles. The number of pyridine rings is 1. The first-order chi connectivity index (χ1) is 33.0. The zero-order valence-electron chi connectivity index (χ0n) is 35.2. The Balaban J connectivity index is 0.000000520. The summed E-state index contributed by atoms with van der Waals surface area (Å²) in [7, 11) is 0. The van der Waals surface area contributed by atoms with Crippen LogP contribution in [0.1, 0.15) is 54.9 Å². The van der Waals surface area contributed by atoms with Gasteiger partial charge in [-0.2, -0.15) is 132 Å². The van der Waals surface area contributed by atoms with E-state index in [-0.39, 0.29) is 18.1 Å². The summed E-state index contributed by atoms with van der Waals surface area (Å²) in [5.74, 6) is -0.361. The van der Waals surface area contributed by atoms with Gasteiger partial charge in [-0.3, -0.25) is 4.79 Å². The highest BCUT2D eigenvalue weighted by Crippen LogP contribution is 2.41. The first-order valence-corrected chi connectivity index (χ1v) is 19.6. The van der Waals surface area contributed by atoms with Crippen LogP contribution in [0.15, 0.2) is 128 Å². The van der Waals surface area contributed by atoms with E-state index in [1.165, 1.54) is 24.3 Å². The molecule has 0 radical (unpaired) electrons. The van der Waals surface area contributed by atoms with E-state index >= 15 is 0 Å². The number of halogens is 25. The Kier molecular flexibility index (Phi) is 15.3. The molecule has 1 heterocycles. The normalized spacial score (nSPS) is 13.4. The van der Waals surface area contributed by atoms with Gasteiger partial charge in [0.2, 0.25) is 12.3 Å². The van der Waals surface area contributed by atoms with Gasteiger partial charge in [0.1, 0.15) is 12.0 Å². The van der Waals surface area contributed by atoms with Crippen molar-refractivity contribution in [3.63, 3.8) is 0 Å². The maximum Gasteiger partial charge on any atom is 0.416 e. The molecule has 0 atom stereocenters. The van der Waals surface area contributed by atoms with Crippen LogP contribution in [0.25, 0.3) is 0 Å². The molecule has 6 aromatic rings. The molecule has 6 rings (SSSR count). The van der Waals surface area contributed by atoms with E-state index in [4.69, 9.17) is 0 Å². The lowest BCUT2D eigenvalue weighted by Crippen LogP contribution is -2.75. The number of carbonyl (C=O) groups excluding carboxylic acids is 1. The predicted molar refractivity (Wildman–Crippen MR) is 207 cm³/mol. The maximum atomic E-state index is 14.2. The van der Waals surface area contributed by atoms with Gasteiger partial charge in [0.25, 0.3) is 0 Å². The van der Waals surface area contributed by atoms with Gasteiger partial charge in [-0.1, -0.05) is 54.6 Å². The number of carbonyl (C=O) groups is 1. The van der Waals surface area contributed by atoms with E-state index in [0.29, 0.717) is 5.56 Å². The molecule has 73 heavy (non-hydrogen) atoms. The van der Waals surface area contributed by atoms with Crippen LogP contribution in [0, 0.1) is 5.82 Å². The Morgan fingerprint density at radius 3 is 0.767 bits per heavy atom. The number of hydrogen-bond acceptors (Lipinski definition) is 1. The number of alkyl halides is 24. The fourth-order valence-electron chi connectivity index (χ4n) is 7.50. The molecule has 392 valence electrons. The molecule has 0 aliphatic rings. The molecule has 0 fully saturated rings. The summed E-state index contributed by atoms with van der Waals surface area (Å²) in [6.07, 6.45) is -51.2. The third-order valence-corrected chi connectivity index (χ3v) is 10.7. The average molecular weight is 1080 g/mol. The van der Waals surface area contributed by atoms with Crippen LogP contribution in [0.3, 0.4) is 0 Å². The number of ketones is 1. The van der Waals surface area contributed by atoms with E-state index in [2.05, 4.69) is 0 Å². The Bertz CT molecular complexity index is 2500. The van der Waals surface area contributed by atoms with Crippen molar-refractivity contribution in [3.8, 4) is 0 Å². The van der Waals surface area contributed by atoms with Crippen molar-refractivity contribution in [2.24, 2.45) is 0 Å². The number of hydrogen-bond donors (Lipinski definition) is 0. The van der Waals surface area contributed by atoms with Gasteiger partial charge in [0.15, 0.2) is 12.4 Å². The van der Waals surface area contributed by atoms with Gasteiger partial charge >= 0.3 is 49.4 Å². The highest BCUT2D eigenvalue weighted by atomic mass is 19.4. The van der Waals surface area contributed by atoms with Crippen LogP contribution in [0.2, 0.25) is 0 Å². The Morgan fingerprint density at radius 2 is 0.562 bits per heavy atom. The van der Waals surface area contributed by atoms with Crippen LogP contribution in [-0.2, 0) is 56.0 Å². The minimum Gasteiger partial charge on any atom is -0.287 e. The van der Waals surface area contributed by atoms with Crippen molar-refractivity contribution in [2.45, 2.75) is 56.0 Å². The Labute approximate surface area is 392 Å². The van der Waals surface area contributed by atoms with Crippen molar-refractivity contribution >= 4 is 33.8 Å². The molecule has 0 amide bonds. The van der Waals surface area contributed by atoms with Crippen LogP contribution in [0.4, 0.5) is 110 Å². The Morgan fingerprint density at radius 1 is 0.342 bits per heavy atom. The Hall–Kier alpha value is -6.77. The van der Waals surface area contributed by atoms with Gasteiger partial charge < -0.3 is 0 Å². The van der Waals surface area contributed by atoms with Crippen LogP contribution >= 0.6 is 0 Å². The monoisotopic (exact) mass is 1080 g/mol. The second-order valence-electron chi connectivity index (χ2n) is 15.7. The maximum absolute atomic E-state index is 14.2. The van der Waals surface area contributed by atoms with Crippen LogP contribution < -0.4 is 26.4 Å². The number of rotatable bonds is 7. The standard InChI is InChI=1S/C32H12BF24.C13H11FNO/c34-25(35,36)13-1-14(26(37,38)39)6-21(5-13)33(22-7-15(27(40,41)42)2-16(8-22)28(43,44)45,23-9-17(29(46,47)48)3-18(10-23)30(49,50)51)24-11-19(31(52,53)54)4-20(12-24)32(55,56)57;14-12-6-4-11(5-7-12)13(16)10-15-8-2-1-3-9-15/h1-12H;1-9H,10H2/q-1;+1. The second-order valence-corrected chi connectivity index (χ2v) is 15.7. The van der Waals surface area contributed by atoms with Gasteiger partial charge in [-0.25, -0.2) is 4.39 Å². The highest BCUT2D eigenvalue weighted by Gasteiger charge is 2.47. The number of nitrogens with zero attached hydrogens (tertiary/aromatic N) is 1. The largest absolute Gasteiger partial charge is 0.416 e. The average Bonchev–Trinajstić information content (AvgIpc) is 3.25. The predicted octanol–water partition coefficient (Wildman–Crippen LogP) is 13.2. The van der Waals surface area contributed by atoms with Gasteiger partial charge in [0.05, 0.1) is 44.5 Å². The molecule has 5 aromatic carbocycles. The molecule has 0 aliphatic heterocycles. The van der Waals surface area contributed by atoms with Gasteiger partial charge in [-0.15, -0.1) is 0 Å². The highest BCUT2D eigenvalue weighted by molar-refractivity contribution is 7.20. The number of benzene rings is 5. The van der Waals surface area contributed by atoms with Gasteiger partial charge in [0, 0.05) is 17.7 Å². The molecule has 2 nitrogen and oxygen atoms in total. The van der Waals surface area contributed by atoms with Crippen molar-refractivity contribution in [1.82, 2.24) is 0 Å². The zero-order chi connectivity index (χ0) is 55.3. The molecule has 0 aliphatic carbocycles. The minimum absolute atomic E-state index is 0.0313. The quantitative estimate of drug-likeness (QED) is 0.0675. The molecular formula is C45H23BF25NO. The molecule has 1 aromatic heterocycles. The van der Waals surface area contributed by atoms with Crippen LogP contribution in [0.5, 0.6) is 0 Å². The summed E-state index contributed by atoms with van der Waals surface area (Å²) in [5.41, 5.74) is -29.7. The van der Waals surface area contributed by atoms with E-state index in [9.17, 15) is 115 Å². The van der Waals surface area contributed by atoms with E-state index in [1.54, 1.807) is 4.57 Å². The molecule has 0 unspecified atom stereocenters. The summed E-state index contributed by atoms with van der Waals surface area (Å²) in [4.78, 5) is 11.8. The number of aromatic nitrogens is 1. The minimum atomic E-state index is -6.13. The SMILES string of the molecule is FC(F)(F)c1cc([B-](c2cc(C(F)(F)F)cc(C(F)(F)F)c2)(c2cc(C(F)(F)F)cc(C(F)(F)F)c2)c2cc(C(F)(F)F)cc(C(F)(F)F)c2)cc(C(F)(F)F)c1.O=C(C[n+]1ccccc1)c1ccc(F)cc1. The fourth-order valence-corrected chi connectivity index (χ4v) is 7.50. The summed E-state index contributed by atoms with van der Waals surface area (Å²) < 4.78 is 355. The summed E-state index contributed by atoms with van der Waals surface area (Å²) in [5, 5.41) is 0. The second kappa shape index (κ2) is 19.6. The van der Waals surface area contributed by atoms with Crippen molar-refractivity contribution < 1.29 is 119 Å². The lowest BCUT2D eigenvalue weighted by atomic mass is 9.12. The van der Waals surface area contributed by atoms with Crippen molar-refractivity contribution in [3.05, 3.63) is 184 Å². The summed E-state index contributed by atoms with van der Waals surface area (Å²) >= 11 is 0. The molecule has 28 heteroatoms. The lowest BCUT2D eigenvalue weighted by molar-refractivity contribution is -0.683. The lowest BCUT2D eigenvalue weighted by Gasteiger charge is -2.46. The third-order valence-electron chi connectivity index (χ3n) is 10.7. The molecule has 0 saturated carbocycles. The summed E-state index contributed by atoms with van der Waals surface area (Å²) in [6, 6.07) is 2.39. The van der Waals surface area contributed by atoms with E-state index < -0.39 is 195 Å². The van der Waals surface area contributed by atoms with E-state index in [0.717, 1.165) is 0 Å². The topological polar surface area (TPSA) is 20.9 Å². The molecular weight excluding hydrogens is 1060 g/mol. The van der Waals surface area contributed by atoms with Gasteiger partial charge in [-0.05, 0) is 48.5 Å². The zero-order valence-corrected chi connectivity index (χ0v) is 35.2. The van der Waals surface area contributed by atoms with Crippen molar-refractivity contribution in [1.29, 1.82) is 0 Å². The third kappa shape index (κ3) is 13.5. The summed E-state index contributed by atoms with van der Waals surface area (Å²) in [6.45, 7) is 0.270. The smallest absolute Gasteiger partial charge is 0.287 e. The molecule has 0 N–H and O–H groups in total. The fraction of sp³-hybridized carbons (Fsp3) is 0.200. The first-order valence-electron chi connectivity index (χ1n) is 19.6. The molecule has 0 bridgehead atoms. The van der Waals surface area contributed by atoms with Crippen LogP contribution in [-0.4, -0.2) is 11.9 Å².